The number of H-pyrrole nitrogens is 1. The van der Waals surface area contributed by atoms with E-state index in [9.17, 15) is 19.5 Å². The lowest BCUT2D eigenvalue weighted by molar-refractivity contribution is -0.250. The zero-order valence-electron chi connectivity index (χ0n) is 32.5. The van der Waals surface area contributed by atoms with Gasteiger partial charge in [-0.05, 0) is 149 Å². The molecule has 0 aliphatic heterocycles. The number of aryl methyl sites for hydroxylation is 1. The molecule has 5 fully saturated rings. The highest BCUT2D eigenvalue weighted by molar-refractivity contribution is 5.81. The second kappa shape index (κ2) is 12.5. The largest absolute Gasteiger partial charge is 0.481 e. The molecule has 8 heteroatoms. The van der Waals surface area contributed by atoms with Gasteiger partial charge in [-0.2, -0.15) is 5.10 Å². The van der Waals surface area contributed by atoms with Gasteiger partial charge < -0.3 is 15.2 Å². The summed E-state index contributed by atoms with van der Waals surface area (Å²) in [7, 11) is 0. The van der Waals surface area contributed by atoms with Crippen molar-refractivity contribution in [3.05, 3.63) is 29.6 Å². The Morgan fingerprint density at radius 2 is 1.70 bits per heavy atom. The SMILES string of the molecule is C=C(C)[C@@H]1CC[C@]2(CC(=O)NCc3cc(C)n[nH]3)CC[C@]3(C)[C@H](CC[C@@H]4[C@@]5(C)CC[C@H](OC(=O)CC(C)(C)C(=O)O)C(C)(C)[C@@H]5CC[C@]43C)[C@@H]12. The van der Waals surface area contributed by atoms with Gasteiger partial charge in [0.15, 0.2) is 0 Å². The van der Waals surface area contributed by atoms with Crippen molar-refractivity contribution in [1.29, 1.82) is 0 Å². The molecule has 0 unspecified atom stereocenters. The van der Waals surface area contributed by atoms with E-state index >= 15 is 0 Å². The molecular formula is C42H65N3O5. The molecule has 278 valence electrons. The van der Waals surface area contributed by atoms with Crippen LogP contribution >= 0.6 is 0 Å². The number of carboxylic acid groups (broad SMARTS) is 1. The van der Waals surface area contributed by atoms with Crippen LogP contribution < -0.4 is 5.32 Å². The maximum absolute atomic E-state index is 13.7. The molecule has 50 heavy (non-hydrogen) atoms. The van der Waals surface area contributed by atoms with Gasteiger partial charge in [-0.1, -0.05) is 46.8 Å². The minimum absolute atomic E-state index is 0.0191. The topological polar surface area (TPSA) is 121 Å². The molecule has 1 aromatic heterocycles. The van der Waals surface area contributed by atoms with Crippen molar-refractivity contribution in [2.45, 2.75) is 152 Å². The Morgan fingerprint density at radius 1 is 0.980 bits per heavy atom. The van der Waals surface area contributed by atoms with Crippen molar-refractivity contribution in [2.24, 2.45) is 62.1 Å². The van der Waals surface area contributed by atoms with Crippen LogP contribution in [0.5, 0.6) is 0 Å². The number of hydrogen-bond donors (Lipinski definition) is 3. The van der Waals surface area contributed by atoms with Gasteiger partial charge in [0.1, 0.15) is 6.10 Å². The van der Waals surface area contributed by atoms with Crippen molar-refractivity contribution < 1.29 is 24.2 Å². The van der Waals surface area contributed by atoms with E-state index in [-0.39, 0.29) is 45.5 Å². The summed E-state index contributed by atoms with van der Waals surface area (Å²) >= 11 is 0. The third-order valence-electron chi connectivity index (χ3n) is 16.4. The average molecular weight is 692 g/mol. The number of aromatic nitrogens is 2. The summed E-state index contributed by atoms with van der Waals surface area (Å²) in [5, 5.41) is 20.1. The lowest BCUT2D eigenvalue weighted by atomic mass is 9.32. The molecule has 5 aliphatic carbocycles. The molecule has 10 atom stereocenters. The highest BCUT2D eigenvalue weighted by atomic mass is 16.5. The fourth-order valence-corrected chi connectivity index (χ4v) is 13.6. The summed E-state index contributed by atoms with van der Waals surface area (Å²) in [4.78, 5) is 38.5. The number of allylic oxidation sites excluding steroid dienone is 1. The van der Waals surface area contributed by atoms with Gasteiger partial charge in [0.25, 0.3) is 0 Å². The minimum Gasteiger partial charge on any atom is -0.481 e. The monoisotopic (exact) mass is 691 g/mol. The summed E-state index contributed by atoms with van der Waals surface area (Å²) in [5.74, 6) is 1.29. The van der Waals surface area contributed by atoms with Crippen molar-refractivity contribution in [2.75, 3.05) is 0 Å². The van der Waals surface area contributed by atoms with Crippen molar-refractivity contribution in [1.82, 2.24) is 15.5 Å². The van der Waals surface area contributed by atoms with Gasteiger partial charge in [-0.3, -0.25) is 19.5 Å². The Kier molecular flexibility index (Phi) is 9.28. The van der Waals surface area contributed by atoms with Gasteiger partial charge in [0.2, 0.25) is 5.91 Å². The van der Waals surface area contributed by atoms with Crippen LogP contribution in [0.4, 0.5) is 0 Å². The molecule has 8 nitrogen and oxygen atoms in total. The first kappa shape index (κ1) is 37.1. The third kappa shape index (κ3) is 5.77. The average Bonchev–Trinajstić information content (AvgIpc) is 3.61. The Labute approximate surface area is 300 Å². The summed E-state index contributed by atoms with van der Waals surface area (Å²) in [6, 6.07) is 2.00. The van der Waals surface area contributed by atoms with E-state index in [4.69, 9.17) is 4.74 Å². The molecule has 0 bridgehead atoms. The molecule has 1 aromatic rings. The summed E-state index contributed by atoms with van der Waals surface area (Å²) < 4.78 is 6.17. The molecule has 6 rings (SSSR count). The molecule has 0 radical (unpaired) electrons. The Hall–Kier alpha value is -2.64. The van der Waals surface area contributed by atoms with E-state index in [0.717, 1.165) is 49.9 Å². The number of nitrogens with zero attached hydrogens (tertiary/aromatic N) is 1. The van der Waals surface area contributed by atoms with Gasteiger partial charge >= 0.3 is 11.9 Å². The molecule has 1 heterocycles. The third-order valence-corrected chi connectivity index (χ3v) is 16.4. The smallest absolute Gasteiger partial charge is 0.309 e. The number of fused-ring (bicyclic) bond motifs is 7. The van der Waals surface area contributed by atoms with Crippen molar-refractivity contribution >= 4 is 17.8 Å². The van der Waals surface area contributed by atoms with Crippen LogP contribution in [0.1, 0.15) is 144 Å². The van der Waals surface area contributed by atoms with Crippen molar-refractivity contribution in [3.63, 3.8) is 0 Å². The molecule has 0 spiro atoms. The molecular weight excluding hydrogens is 626 g/mol. The fraction of sp³-hybridized carbons (Fsp3) is 0.810. The first-order chi connectivity index (χ1) is 23.2. The zero-order valence-corrected chi connectivity index (χ0v) is 32.5. The second-order valence-electron chi connectivity index (χ2n) is 19.7. The highest BCUT2D eigenvalue weighted by Crippen LogP contribution is 2.78. The minimum atomic E-state index is -1.14. The van der Waals surface area contributed by atoms with Crippen LogP contribution in [0.2, 0.25) is 0 Å². The van der Waals surface area contributed by atoms with Gasteiger partial charge in [-0.15, -0.1) is 0 Å². The first-order valence-corrected chi connectivity index (χ1v) is 19.6. The molecule has 0 aromatic carbocycles. The Balaban J connectivity index is 1.23. The van der Waals surface area contributed by atoms with Gasteiger partial charge in [0.05, 0.1) is 29.8 Å². The number of carbonyl (C=O) groups excluding carboxylic acids is 2. The maximum Gasteiger partial charge on any atom is 0.309 e. The van der Waals surface area contributed by atoms with Crippen LogP contribution in [-0.4, -0.2) is 39.3 Å². The van der Waals surface area contributed by atoms with Crippen LogP contribution in [-0.2, 0) is 25.7 Å². The quantitative estimate of drug-likeness (QED) is 0.176. The molecule has 5 aliphatic rings. The predicted molar refractivity (Wildman–Crippen MR) is 195 cm³/mol. The van der Waals surface area contributed by atoms with E-state index in [1.165, 1.54) is 31.3 Å². The van der Waals surface area contributed by atoms with E-state index < -0.39 is 17.4 Å². The van der Waals surface area contributed by atoms with Crippen LogP contribution in [0.3, 0.4) is 0 Å². The second-order valence-corrected chi connectivity index (χ2v) is 19.7. The number of ether oxygens (including phenoxy) is 1. The van der Waals surface area contributed by atoms with E-state index in [1.807, 2.05) is 13.0 Å². The molecule has 0 saturated heterocycles. The summed E-state index contributed by atoms with van der Waals surface area (Å²) in [5.41, 5.74) is 2.34. The predicted octanol–water partition coefficient (Wildman–Crippen LogP) is 8.79. The van der Waals surface area contributed by atoms with Crippen LogP contribution in [0.25, 0.3) is 0 Å². The van der Waals surface area contributed by atoms with Gasteiger partial charge in [0, 0.05) is 11.8 Å². The van der Waals surface area contributed by atoms with Crippen molar-refractivity contribution in [3.8, 4) is 0 Å². The Bertz CT molecular complexity index is 1530. The maximum atomic E-state index is 13.7. The molecule has 5 saturated carbocycles. The first-order valence-electron chi connectivity index (χ1n) is 19.6. The lowest BCUT2D eigenvalue weighted by Gasteiger charge is -2.73. The zero-order chi connectivity index (χ0) is 36.7. The van der Waals surface area contributed by atoms with E-state index in [2.05, 4.69) is 63.6 Å². The number of nitrogens with one attached hydrogen (secondary N) is 2. The number of esters is 1. The summed E-state index contributed by atoms with van der Waals surface area (Å²) in [6.07, 6.45) is 11.3. The number of carbonyl (C=O) groups is 3. The standard InChI is InChI=1S/C42H65N3O5/c1-25(2)28-13-18-42(22-33(46)43-24-27-21-26(3)44-45-27)20-19-40(9)29(35(28)42)11-12-31-39(8)16-15-32(50-34(47)23-37(4,5)36(48)49)38(6,7)30(39)14-17-41(31,40)10/h21,28-32,35H,1,11-20,22-24H2,2-10H3,(H,43,46)(H,44,45)(H,48,49)/t28-,29+,30-,31+,32-,35+,39-,40+,41+,42+/m0/s1. The molecule has 1 amide bonds. The van der Waals surface area contributed by atoms with Crippen LogP contribution in [0, 0.1) is 69.0 Å². The number of hydrogen-bond acceptors (Lipinski definition) is 5. The number of carboxylic acids is 1. The van der Waals surface area contributed by atoms with E-state index in [0.29, 0.717) is 42.6 Å². The number of rotatable bonds is 9. The highest BCUT2D eigenvalue weighted by Gasteiger charge is 2.71. The Morgan fingerprint density at radius 3 is 2.34 bits per heavy atom. The van der Waals surface area contributed by atoms with E-state index in [1.54, 1.807) is 13.8 Å². The number of aromatic amines is 1. The fourth-order valence-electron chi connectivity index (χ4n) is 13.6. The van der Waals surface area contributed by atoms with Crippen LogP contribution in [0.15, 0.2) is 18.2 Å². The molecule has 3 N–H and O–H groups in total. The number of amides is 1. The number of aliphatic carboxylic acids is 1. The van der Waals surface area contributed by atoms with Gasteiger partial charge in [-0.25, -0.2) is 0 Å². The lowest BCUT2D eigenvalue weighted by Crippen LogP contribution is -2.67. The normalized spacial score (nSPS) is 40.4. The summed E-state index contributed by atoms with van der Waals surface area (Å²) in [6.45, 7) is 24.8.